The van der Waals surface area contributed by atoms with Gasteiger partial charge in [-0.2, -0.15) is 4.98 Å². The normalized spacial score (nSPS) is 10.7. The van der Waals surface area contributed by atoms with E-state index in [2.05, 4.69) is 15.5 Å². The molecule has 0 aliphatic heterocycles. The number of rotatable bonds is 5. The van der Waals surface area contributed by atoms with Crippen molar-refractivity contribution in [3.8, 4) is 11.4 Å². The van der Waals surface area contributed by atoms with Gasteiger partial charge in [0.1, 0.15) is 5.82 Å². The molecule has 1 heterocycles. The van der Waals surface area contributed by atoms with Crippen molar-refractivity contribution in [2.45, 2.75) is 24.5 Å². The van der Waals surface area contributed by atoms with Crippen LogP contribution in [0.2, 0.25) is 0 Å². The quantitative estimate of drug-likeness (QED) is 0.684. The summed E-state index contributed by atoms with van der Waals surface area (Å²) in [4.78, 5) is 16.3. The molecule has 1 amide bonds. The highest BCUT2D eigenvalue weighted by atomic mass is 32.2. The molecule has 0 saturated heterocycles. The lowest BCUT2D eigenvalue weighted by Crippen LogP contribution is -2.05. The van der Waals surface area contributed by atoms with Crippen LogP contribution in [-0.4, -0.2) is 16.0 Å². The molecule has 0 unspecified atom stereocenters. The van der Waals surface area contributed by atoms with E-state index < -0.39 is 0 Å². The number of nitrogens with zero attached hydrogens (tertiary/aromatic N) is 2. The van der Waals surface area contributed by atoms with Gasteiger partial charge in [-0.3, -0.25) is 4.79 Å². The van der Waals surface area contributed by atoms with E-state index in [-0.39, 0.29) is 11.7 Å². The molecule has 7 heteroatoms. The largest absolute Gasteiger partial charge is 0.338 e. The molecule has 0 aliphatic rings. The second-order valence-electron chi connectivity index (χ2n) is 5.47. The smallest absolute Gasteiger partial charge is 0.237 e. The third kappa shape index (κ3) is 4.45. The van der Waals surface area contributed by atoms with Crippen molar-refractivity contribution in [2.75, 3.05) is 5.32 Å². The van der Waals surface area contributed by atoms with Gasteiger partial charge < -0.3 is 9.84 Å². The molecular formula is C18H16FN3O2S. The van der Waals surface area contributed by atoms with Crippen molar-refractivity contribution >= 4 is 23.4 Å². The molecular weight excluding hydrogens is 341 g/mol. The average molecular weight is 357 g/mol. The molecule has 0 aliphatic carbocycles. The molecule has 2 aromatic carbocycles. The van der Waals surface area contributed by atoms with Crippen molar-refractivity contribution < 1.29 is 13.7 Å². The van der Waals surface area contributed by atoms with Crippen LogP contribution >= 0.6 is 11.8 Å². The number of benzene rings is 2. The Morgan fingerprint density at radius 2 is 2.00 bits per heavy atom. The van der Waals surface area contributed by atoms with Gasteiger partial charge in [0.15, 0.2) is 0 Å². The van der Waals surface area contributed by atoms with Gasteiger partial charge in [-0.1, -0.05) is 17.3 Å². The zero-order valence-electron chi connectivity index (χ0n) is 13.7. The van der Waals surface area contributed by atoms with Gasteiger partial charge in [0.2, 0.25) is 17.6 Å². The van der Waals surface area contributed by atoms with Gasteiger partial charge in [-0.05, 0) is 42.8 Å². The Labute approximate surface area is 148 Å². The molecule has 3 aromatic rings. The zero-order valence-corrected chi connectivity index (χ0v) is 14.6. The maximum atomic E-state index is 13.6. The number of nitrogens with one attached hydrogen (secondary N) is 1. The summed E-state index contributed by atoms with van der Waals surface area (Å²) in [7, 11) is 0. The van der Waals surface area contributed by atoms with Crippen LogP contribution in [0.15, 0.2) is 51.9 Å². The molecule has 128 valence electrons. The number of anilines is 1. The third-order valence-corrected chi connectivity index (χ3v) is 4.43. The number of thioether (sulfide) groups is 1. The van der Waals surface area contributed by atoms with Crippen LogP contribution in [-0.2, 0) is 10.5 Å². The van der Waals surface area contributed by atoms with Crippen LogP contribution in [0.25, 0.3) is 11.4 Å². The lowest BCUT2D eigenvalue weighted by molar-refractivity contribution is -0.114. The van der Waals surface area contributed by atoms with Crippen LogP contribution in [0, 0.1) is 12.7 Å². The Hall–Kier alpha value is -2.67. The molecule has 0 bridgehead atoms. The number of aromatic nitrogens is 2. The first kappa shape index (κ1) is 17.2. The molecule has 3 rings (SSSR count). The Kier molecular flexibility index (Phi) is 5.14. The Morgan fingerprint density at radius 1 is 1.24 bits per heavy atom. The number of carbonyl (C=O) groups excluding carboxylic acids is 1. The number of aryl methyl sites for hydroxylation is 1. The molecule has 0 radical (unpaired) electrons. The minimum atomic E-state index is -0.294. The van der Waals surface area contributed by atoms with Crippen LogP contribution < -0.4 is 5.32 Å². The number of carbonyl (C=O) groups is 1. The maximum Gasteiger partial charge on any atom is 0.237 e. The monoisotopic (exact) mass is 357 g/mol. The first-order valence-electron chi connectivity index (χ1n) is 7.61. The van der Waals surface area contributed by atoms with Crippen molar-refractivity contribution in [3.63, 3.8) is 0 Å². The fourth-order valence-corrected chi connectivity index (χ4v) is 2.88. The first-order chi connectivity index (χ1) is 12.0. The zero-order chi connectivity index (χ0) is 17.8. The molecule has 1 aromatic heterocycles. The molecule has 0 spiro atoms. The Morgan fingerprint density at radius 3 is 2.68 bits per heavy atom. The Balaban J connectivity index is 1.63. The summed E-state index contributed by atoms with van der Waals surface area (Å²) in [6, 6.07) is 12.3. The van der Waals surface area contributed by atoms with Crippen LogP contribution in [0.5, 0.6) is 0 Å². The van der Waals surface area contributed by atoms with Crippen molar-refractivity contribution in [1.82, 2.24) is 10.1 Å². The summed E-state index contributed by atoms with van der Waals surface area (Å²) in [6.07, 6.45) is 0. The number of hydrogen-bond donors (Lipinski definition) is 1. The van der Waals surface area contributed by atoms with Crippen LogP contribution in [0.3, 0.4) is 0 Å². The van der Waals surface area contributed by atoms with Crippen LogP contribution in [0.1, 0.15) is 18.4 Å². The number of hydrogen-bond acceptors (Lipinski definition) is 5. The summed E-state index contributed by atoms with van der Waals surface area (Å²) in [5.74, 6) is 0.937. The Bertz CT molecular complexity index is 894. The highest BCUT2D eigenvalue weighted by molar-refractivity contribution is 7.98. The molecule has 0 atom stereocenters. The van der Waals surface area contributed by atoms with Gasteiger partial charge in [-0.25, -0.2) is 4.39 Å². The predicted octanol–water partition coefficient (Wildman–Crippen LogP) is 4.43. The highest BCUT2D eigenvalue weighted by Gasteiger charge is 2.10. The van der Waals surface area contributed by atoms with E-state index in [0.29, 0.717) is 28.6 Å². The van der Waals surface area contributed by atoms with Gasteiger partial charge in [-0.15, -0.1) is 11.8 Å². The van der Waals surface area contributed by atoms with E-state index in [1.165, 1.54) is 24.8 Å². The van der Waals surface area contributed by atoms with Crippen molar-refractivity contribution in [2.24, 2.45) is 0 Å². The highest BCUT2D eigenvalue weighted by Crippen LogP contribution is 2.25. The van der Waals surface area contributed by atoms with Gasteiger partial charge >= 0.3 is 0 Å². The lowest BCUT2D eigenvalue weighted by atomic mass is 10.1. The van der Waals surface area contributed by atoms with E-state index in [4.69, 9.17) is 4.52 Å². The van der Waals surface area contributed by atoms with E-state index in [1.54, 1.807) is 19.1 Å². The fraction of sp³-hybridized carbons (Fsp3) is 0.167. The minimum Gasteiger partial charge on any atom is -0.338 e. The van der Waals surface area contributed by atoms with Gasteiger partial charge in [0.25, 0.3) is 0 Å². The molecule has 25 heavy (non-hydrogen) atoms. The minimum absolute atomic E-state index is 0.105. The standard InChI is InChI=1S/C18H16FN3O2S/c1-11-3-4-13(9-16(11)19)18-21-17(24-22-18)10-25-15-7-5-14(6-8-15)20-12(2)23/h3-9H,10H2,1-2H3,(H,20,23). The van der Waals surface area contributed by atoms with E-state index in [9.17, 15) is 9.18 Å². The molecule has 1 N–H and O–H groups in total. The second-order valence-corrected chi connectivity index (χ2v) is 6.52. The van der Waals surface area contributed by atoms with Gasteiger partial charge in [0, 0.05) is 23.1 Å². The van der Waals surface area contributed by atoms with E-state index in [1.807, 2.05) is 24.3 Å². The summed E-state index contributed by atoms with van der Waals surface area (Å²) in [5.41, 5.74) is 1.91. The molecule has 5 nitrogen and oxygen atoms in total. The molecule has 0 saturated carbocycles. The summed E-state index contributed by atoms with van der Waals surface area (Å²) >= 11 is 1.53. The first-order valence-corrected chi connectivity index (χ1v) is 8.59. The van der Waals surface area contributed by atoms with Crippen LogP contribution in [0.4, 0.5) is 10.1 Å². The average Bonchev–Trinajstić information content (AvgIpc) is 3.05. The topological polar surface area (TPSA) is 68.0 Å². The fourth-order valence-electron chi connectivity index (χ4n) is 2.15. The SMILES string of the molecule is CC(=O)Nc1ccc(SCc2nc(-c3ccc(C)c(F)c3)no2)cc1. The number of halogens is 1. The molecule has 0 fully saturated rings. The van der Waals surface area contributed by atoms with E-state index >= 15 is 0 Å². The summed E-state index contributed by atoms with van der Waals surface area (Å²) < 4.78 is 18.9. The summed E-state index contributed by atoms with van der Waals surface area (Å²) in [6.45, 7) is 3.17. The van der Waals surface area contributed by atoms with Crippen molar-refractivity contribution in [3.05, 3.63) is 59.7 Å². The van der Waals surface area contributed by atoms with E-state index in [0.717, 1.165) is 10.6 Å². The van der Waals surface area contributed by atoms with Crippen molar-refractivity contribution in [1.29, 1.82) is 0 Å². The summed E-state index contributed by atoms with van der Waals surface area (Å²) in [5, 5.41) is 6.62. The number of amides is 1. The third-order valence-electron chi connectivity index (χ3n) is 3.44. The lowest BCUT2D eigenvalue weighted by Gasteiger charge is -2.03. The predicted molar refractivity (Wildman–Crippen MR) is 94.7 cm³/mol. The second kappa shape index (κ2) is 7.48. The maximum absolute atomic E-state index is 13.6. The van der Waals surface area contributed by atoms with Gasteiger partial charge in [0.05, 0.1) is 5.75 Å².